The number of nitrogens with one attached hydrogen (secondary N) is 3. The highest BCUT2D eigenvalue weighted by Gasteiger charge is 2.28. The van der Waals surface area contributed by atoms with Gasteiger partial charge in [0.05, 0.1) is 10.0 Å². The molecule has 23 heavy (non-hydrogen) atoms. The Labute approximate surface area is 149 Å². The van der Waals surface area contributed by atoms with Crippen LogP contribution in [0.15, 0.2) is 28.8 Å². The zero-order valence-electron chi connectivity index (χ0n) is 12.4. The number of carbonyl (C=O) groups is 1. The summed E-state index contributed by atoms with van der Waals surface area (Å²) in [5.74, 6) is 0. The molecule has 1 heterocycles. The lowest BCUT2D eigenvalue weighted by Crippen LogP contribution is -2.43. The third-order valence-electron chi connectivity index (χ3n) is 3.87. The van der Waals surface area contributed by atoms with Crippen LogP contribution < -0.4 is 21.7 Å². The molecule has 0 bridgehead atoms. The number of allylic oxidation sites excluding steroid dienone is 1. The molecule has 1 aromatic rings. The van der Waals surface area contributed by atoms with Crippen LogP contribution in [-0.4, -0.2) is 17.6 Å². The molecule has 8 heteroatoms. The molecule has 0 fully saturated rings. The van der Waals surface area contributed by atoms with E-state index in [1.807, 2.05) is 6.07 Å². The summed E-state index contributed by atoms with van der Waals surface area (Å²) >= 11 is 13.5. The number of halogens is 2. The lowest BCUT2D eigenvalue weighted by molar-refractivity contribution is 0.235. The lowest BCUT2D eigenvalue weighted by Gasteiger charge is -2.24. The number of urea groups is 1. The molecule has 0 aromatic heterocycles. The van der Waals surface area contributed by atoms with Crippen LogP contribution in [0.25, 0.3) is 0 Å². The third kappa shape index (κ3) is 4.26. The molecule has 1 aliphatic heterocycles. The minimum Gasteiger partial charge on any atom is -0.364 e. The van der Waals surface area contributed by atoms with Gasteiger partial charge in [-0.2, -0.15) is 0 Å². The molecule has 5 N–H and O–H groups in total. The molecule has 124 valence electrons. The van der Waals surface area contributed by atoms with Gasteiger partial charge in [-0.3, -0.25) is 0 Å². The van der Waals surface area contributed by atoms with Crippen LogP contribution in [0.1, 0.15) is 24.8 Å². The second-order valence-corrected chi connectivity index (χ2v) is 7.65. The Kier molecular flexibility index (Phi) is 5.26. The summed E-state index contributed by atoms with van der Waals surface area (Å²) in [4.78, 5) is 13.3. The van der Waals surface area contributed by atoms with Crippen LogP contribution in [0, 0.1) is 0 Å². The number of hydrogen-bond donors (Lipinski definition) is 4. The second-order valence-electron chi connectivity index (χ2n) is 5.60. The number of nitrogens with two attached hydrogens (primary N) is 1. The van der Waals surface area contributed by atoms with Crippen molar-refractivity contribution in [3.63, 3.8) is 0 Å². The Bertz CT molecular complexity index is 652. The predicted octanol–water partition coefficient (Wildman–Crippen LogP) is 3.14. The van der Waals surface area contributed by atoms with Crippen LogP contribution in [0.5, 0.6) is 0 Å². The normalized spacial score (nSPS) is 23.3. The highest BCUT2D eigenvalue weighted by atomic mass is 35.5. The Morgan fingerprint density at radius 2 is 2.22 bits per heavy atom. The Morgan fingerprint density at radius 1 is 1.39 bits per heavy atom. The number of hydrogen-bond acceptors (Lipinski definition) is 4. The number of rotatable bonds is 3. The van der Waals surface area contributed by atoms with E-state index in [4.69, 9.17) is 28.9 Å². The standard InChI is InChI=1S/C15H18Cl2N4OS/c16-10-3-1-8(5-11(10)17)7-19-15(22)20-9-2-4-12-13(6-9)23-14(18)21-12/h1,3,5,9,14,21H,2,4,6-7,18H2,(H2,19,20,22). The van der Waals surface area contributed by atoms with E-state index in [-0.39, 0.29) is 17.6 Å². The van der Waals surface area contributed by atoms with Crippen LogP contribution in [-0.2, 0) is 6.54 Å². The Balaban J connectivity index is 1.47. The highest BCUT2D eigenvalue weighted by molar-refractivity contribution is 8.03. The third-order valence-corrected chi connectivity index (χ3v) is 5.68. The van der Waals surface area contributed by atoms with Crippen molar-refractivity contribution in [3.05, 3.63) is 44.4 Å². The van der Waals surface area contributed by atoms with Gasteiger partial charge in [-0.15, -0.1) is 0 Å². The second kappa shape index (κ2) is 7.21. The van der Waals surface area contributed by atoms with Gasteiger partial charge in [0.25, 0.3) is 0 Å². The topological polar surface area (TPSA) is 79.2 Å². The van der Waals surface area contributed by atoms with E-state index in [0.29, 0.717) is 16.6 Å². The molecule has 2 aliphatic rings. The molecule has 0 radical (unpaired) electrons. The predicted molar refractivity (Wildman–Crippen MR) is 95.2 cm³/mol. The maximum atomic E-state index is 12.0. The fourth-order valence-corrected chi connectivity index (χ4v) is 4.15. The first-order valence-electron chi connectivity index (χ1n) is 7.40. The van der Waals surface area contributed by atoms with Crippen molar-refractivity contribution >= 4 is 41.0 Å². The van der Waals surface area contributed by atoms with Gasteiger partial charge in [0, 0.05) is 29.6 Å². The van der Waals surface area contributed by atoms with Gasteiger partial charge in [0.2, 0.25) is 0 Å². The first-order chi connectivity index (χ1) is 11.0. The van der Waals surface area contributed by atoms with Crippen molar-refractivity contribution < 1.29 is 4.79 Å². The van der Waals surface area contributed by atoms with E-state index in [9.17, 15) is 4.79 Å². The SMILES string of the molecule is NC1NC2=C(CC(NC(=O)NCc3ccc(Cl)c(Cl)c3)CC2)S1. The summed E-state index contributed by atoms with van der Waals surface area (Å²) < 4.78 is 0. The summed E-state index contributed by atoms with van der Waals surface area (Å²) in [6, 6.07) is 5.28. The largest absolute Gasteiger partial charge is 0.364 e. The van der Waals surface area contributed by atoms with Crippen LogP contribution in [0.3, 0.4) is 0 Å². The summed E-state index contributed by atoms with van der Waals surface area (Å²) in [6.07, 6.45) is 2.67. The van der Waals surface area contributed by atoms with Crippen LogP contribution in [0.2, 0.25) is 10.0 Å². The fraction of sp³-hybridized carbons (Fsp3) is 0.400. The number of benzene rings is 1. The maximum Gasteiger partial charge on any atom is 0.315 e. The molecule has 2 amide bonds. The minimum absolute atomic E-state index is 0.0535. The fourth-order valence-electron chi connectivity index (χ4n) is 2.72. The smallest absolute Gasteiger partial charge is 0.315 e. The van der Waals surface area contributed by atoms with Crippen LogP contribution in [0.4, 0.5) is 4.79 Å². The zero-order chi connectivity index (χ0) is 16.4. The molecule has 0 spiro atoms. The molecule has 0 saturated heterocycles. The van der Waals surface area contributed by atoms with Gasteiger partial charge < -0.3 is 21.7 Å². The van der Waals surface area contributed by atoms with Crippen molar-refractivity contribution in [2.75, 3.05) is 0 Å². The molecule has 3 rings (SSSR count). The quantitative estimate of drug-likeness (QED) is 0.657. The van der Waals surface area contributed by atoms with E-state index >= 15 is 0 Å². The summed E-state index contributed by atoms with van der Waals surface area (Å²) in [5, 5.41) is 10.1. The van der Waals surface area contributed by atoms with Crippen molar-refractivity contribution in [1.82, 2.24) is 16.0 Å². The minimum atomic E-state index is -0.176. The van der Waals surface area contributed by atoms with Crippen LogP contribution >= 0.6 is 35.0 Å². The zero-order valence-corrected chi connectivity index (χ0v) is 14.7. The Morgan fingerprint density at radius 3 is 3.00 bits per heavy atom. The molecule has 5 nitrogen and oxygen atoms in total. The van der Waals surface area contributed by atoms with Gasteiger partial charge in [0.15, 0.2) is 0 Å². The molecule has 0 saturated carbocycles. The van der Waals surface area contributed by atoms with E-state index < -0.39 is 0 Å². The summed E-state index contributed by atoms with van der Waals surface area (Å²) in [6.45, 7) is 0.407. The monoisotopic (exact) mass is 372 g/mol. The molecule has 1 aliphatic carbocycles. The van der Waals surface area contributed by atoms with E-state index in [1.165, 1.54) is 10.6 Å². The van der Waals surface area contributed by atoms with Gasteiger partial charge in [-0.25, -0.2) is 4.79 Å². The number of carbonyl (C=O) groups excluding carboxylic acids is 1. The van der Waals surface area contributed by atoms with Gasteiger partial charge in [-0.05, 0) is 30.5 Å². The Hall–Kier alpha value is -1.08. The number of thioether (sulfide) groups is 1. The molecule has 2 unspecified atom stereocenters. The van der Waals surface area contributed by atoms with Crippen molar-refractivity contribution in [3.8, 4) is 0 Å². The van der Waals surface area contributed by atoms with Crippen molar-refractivity contribution in [2.24, 2.45) is 5.73 Å². The molecule has 1 aromatic carbocycles. The molecule has 2 atom stereocenters. The first-order valence-corrected chi connectivity index (χ1v) is 9.04. The summed E-state index contributed by atoms with van der Waals surface area (Å²) in [5.41, 5.74) is 7.95. The van der Waals surface area contributed by atoms with Gasteiger partial charge >= 0.3 is 6.03 Å². The van der Waals surface area contributed by atoms with E-state index in [0.717, 1.165) is 24.8 Å². The lowest BCUT2D eigenvalue weighted by atomic mass is 9.99. The van der Waals surface area contributed by atoms with Gasteiger partial charge in [-0.1, -0.05) is 41.0 Å². The van der Waals surface area contributed by atoms with Crippen molar-refractivity contribution in [1.29, 1.82) is 0 Å². The average molecular weight is 373 g/mol. The highest BCUT2D eigenvalue weighted by Crippen LogP contribution is 2.37. The first kappa shape index (κ1) is 16.8. The van der Waals surface area contributed by atoms with E-state index in [1.54, 1.807) is 23.9 Å². The molecular formula is C15H18Cl2N4OS. The summed E-state index contributed by atoms with van der Waals surface area (Å²) in [7, 11) is 0. The average Bonchev–Trinajstić information content (AvgIpc) is 2.88. The number of amides is 2. The van der Waals surface area contributed by atoms with Gasteiger partial charge in [0.1, 0.15) is 5.50 Å². The maximum absolute atomic E-state index is 12.0. The van der Waals surface area contributed by atoms with Crippen molar-refractivity contribution in [2.45, 2.75) is 37.3 Å². The molecular weight excluding hydrogens is 355 g/mol. The van der Waals surface area contributed by atoms with E-state index in [2.05, 4.69) is 16.0 Å².